The van der Waals surface area contributed by atoms with Crippen LogP contribution < -0.4 is 10.6 Å². The summed E-state index contributed by atoms with van der Waals surface area (Å²) in [5, 5.41) is 13.2. The minimum atomic E-state index is -1.14. The maximum absolute atomic E-state index is 13.3. The topological polar surface area (TPSA) is 78.4 Å². The molecule has 18 heavy (non-hydrogen) atoms. The maximum atomic E-state index is 13.3. The molecule has 1 atom stereocenters. The Morgan fingerprint density at radius 2 is 2.17 bits per heavy atom. The molecule has 7 heteroatoms. The highest BCUT2D eigenvalue weighted by Crippen LogP contribution is 2.19. The second-order valence-electron chi connectivity index (χ2n) is 3.52. The van der Waals surface area contributed by atoms with Crippen LogP contribution in [0.2, 0.25) is 0 Å². The first-order chi connectivity index (χ1) is 8.43. The molecule has 3 N–H and O–H groups in total. The van der Waals surface area contributed by atoms with E-state index in [-0.39, 0.29) is 12.1 Å². The van der Waals surface area contributed by atoms with Crippen molar-refractivity contribution in [2.75, 3.05) is 5.32 Å². The average molecular weight is 319 g/mol. The zero-order chi connectivity index (χ0) is 13.7. The molecule has 0 aliphatic heterocycles. The lowest BCUT2D eigenvalue weighted by atomic mass is 10.2. The molecule has 0 fully saturated rings. The Hall–Kier alpha value is -1.63. The van der Waals surface area contributed by atoms with Crippen molar-refractivity contribution in [1.29, 1.82) is 0 Å². The van der Waals surface area contributed by atoms with Gasteiger partial charge in [-0.05, 0) is 24.6 Å². The van der Waals surface area contributed by atoms with E-state index < -0.39 is 23.9 Å². The number of urea groups is 1. The van der Waals surface area contributed by atoms with Crippen LogP contribution in [0, 0.1) is 5.82 Å². The number of hydrogen-bond acceptors (Lipinski definition) is 2. The van der Waals surface area contributed by atoms with E-state index in [0.29, 0.717) is 4.47 Å². The van der Waals surface area contributed by atoms with Gasteiger partial charge >= 0.3 is 12.0 Å². The van der Waals surface area contributed by atoms with Crippen LogP contribution in [0.15, 0.2) is 22.7 Å². The van der Waals surface area contributed by atoms with E-state index in [1.165, 1.54) is 18.2 Å². The Bertz CT molecular complexity index is 468. The number of carboxylic acid groups (broad SMARTS) is 1. The van der Waals surface area contributed by atoms with Crippen molar-refractivity contribution < 1.29 is 19.1 Å². The Morgan fingerprint density at radius 3 is 2.72 bits per heavy atom. The van der Waals surface area contributed by atoms with Crippen molar-refractivity contribution in [2.24, 2.45) is 0 Å². The van der Waals surface area contributed by atoms with Gasteiger partial charge < -0.3 is 15.7 Å². The number of amides is 2. The maximum Gasteiger partial charge on any atom is 0.326 e. The monoisotopic (exact) mass is 318 g/mol. The molecule has 98 valence electrons. The van der Waals surface area contributed by atoms with Crippen LogP contribution in [0.25, 0.3) is 0 Å². The van der Waals surface area contributed by atoms with Gasteiger partial charge in [0.15, 0.2) is 0 Å². The van der Waals surface area contributed by atoms with Gasteiger partial charge in [0.25, 0.3) is 0 Å². The summed E-state index contributed by atoms with van der Waals surface area (Å²) in [6, 6.07) is 2.30. The SMILES string of the molecule is CC[C@@H](NC(=O)Nc1cc(Br)ccc1F)C(=O)O. The second kappa shape index (κ2) is 6.34. The first-order valence-corrected chi connectivity index (χ1v) is 5.98. The number of rotatable bonds is 4. The van der Waals surface area contributed by atoms with Crippen molar-refractivity contribution in [3.63, 3.8) is 0 Å². The van der Waals surface area contributed by atoms with Crippen molar-refractivity contribution in [3.05, 3.63) is 28.5 Å². The number of benzene rings is 1. The molecule has 0 aliphatic rings. The van der Waals surface area contributed by atoms with Crippen LogP contribution in [-0.4, -0.2) is 23.1 Å². The third-order valence-corrected chi connectivity index (χ3v) is 2.68. The molecular weight excluding hydrogens is 307 g/mol. The van der Waals surface area contributed by atoms with Crippen molar-refractivity contribution >= 4 is 33.6 Å². The van der Waals surface area contributed by atoms with Gasteiger partial charge in [0.05, 0.1) is 5.69 Å². The van der Waals surface area contributed by atoms with Crippen LogP contribution in [0.4, 0.5) is 14.9 Å². The molecule has 0 unspecified atom stereocenters. The summed E-state index contributed by atoms with van der Waals surface area (Å²) in [5.41, 5.74) is -0.0258. The molecule has 0 heterocycles. The molecular formula is C11H12BrFN2O3. The first-order valence-electron chi connectivity index (χ1n) is 5.19. The first kappa shape index (κ1) is 14.4. The predicted octanol–water partition coefficient (Wildman–Crippen LogP) is 2.57. The Balaban J connectivity index is 2.70. The second-order valence-corrected chi connectivity index (χ2v) is 4.44. The number of aliphatic carboxylic acids is 1. The number of halogens is 2. The average Bonchev–Trinajstić information content (AvgIpc) is 2.30. The summed E-state index contributed by atoms with van der Waals surface area (Å²) in [6.45, 7) is 1.62. The van der Waals surface area contributed by atoms with E-state index in [9.17, 15) is 14.0 Å². The molecule has 1 aromatic rings. The van der Waals surface area contributed by atoms with Crippen molar-refractivity contribution in [3.8, 4) is 0 Å². The van der Waals surface area contributed by atoms with Crippen molar-refractivity contribution in [1.82, 2.24) is 5.32 Å². The zero-order valence-corrected chi connectivity index (χ0v) is 11.1. The largest absolute Gasteiger partial charge is 0.480 e. The zero-order valence-electron chi connectivity index (χ0n) is 9.54. The summed E-state index contributed by atoms with van der Waals surface area (Å²) in [6.07, 6.45) is 0.240. The quantitative estimate of drug-likeness (QED) is 0.798. The highest BCUT2D eigenvalue weighted by Gasteiger charge is 2.18. The van der Waals surface area contributed by atoms with Gasteiger partial charge in [0.2, 0.25) is 0 Å². The number of hydrogen-bond donors (Lipinski definition) is 3. The summed E-state index contributed by atoms with van der Waals surface area (Å²) < 4.78 is 13.9. The van der Waals surface area contributed by atoms with Gasteiger partial charge in [-0.2, -0.15) is 0 Å². The fourth-order valence-corrected chi connectivity index (χ4v) is 1.61. The fourth-order valence-electron chi connectivity index (χ4n) is 1.25. The summed E-state index contributed by atoms with van der Waals surface area (Å²) >= 11 is 3.14. The summed E-state index contributed by atoms with van der Waals surface area (Å²) in [7, 11) is 0. The lowest BCUT2D eigenvalue weighted by Crippen LogP contribution is -2.42. The highest BCUT2D eigenvalue weighted by atomic mass is 79.9. The number of carbonyl (C=O) groups excluding carboxylic acids is 1. The van der Waals surface area contributed by atoms with Crippen LogP contribution >= 0.6 is 15.9 Å². The molecule has 0 aromatic heterocycles. The number of carboxylic acids is 1. The molecule has 0 bridgehead atoms. The van der Waals surface area contributed by atoms with E-state index in [1.54, 1.807) is 6.92 Å². The number of nitrogens with one attached hydrogen (secondary N) is 2. The van der Waals surface area contributed by atoms with Crippen LogP contribution in [0.3, 0.4) is 0 Å². The molecule has 2 amide bonds. The van der Waals surface area contributed by atoms with E-state index in [4.69, 9.17) is 5.11 Å². The third kappa shape index (κ3) is 3.99. The minimum Gasteiger partial charge on any atom is -0.480 e. The Kier molecular flexibility index (Phi) is 5.08. The molecule has 0 spiro atoms. The Labute approximate surface area is 112 Å². The van der Waals surface area contributed by atoms with Crippen molar-refractivity contribution in [2.45, 2.75) is 19.4 Å². The van der Waals surface area contributed by atoms with E-state index in [2.05, 4.69) is 26.6 Å². The van der Waals surface area contributed by atoms with Gasteiger partial charge in [-0.25, -0.2) is 14.0 Å². The molecule has 1 aromatic carbocycles. The molecule has 0 saturated carbocycles. The molecule has 5 nitrogen and oxygen atoms in total. The smallest absolute Gasteiger partial charge is 0.326 e. The van der Waals surface area contributed by atoms with Gasteiger partial charge in [0, 0.05) is 4.47 Å². The number of anilines is 1. The van der Waals surface area contributed by atoms with Gasteiger partial charge in [0.1, 0.15) is 11.9 Å². The van der Waals surface area contributed by atoms with Crippen LogP contribution in [-0.2, 0) is 4.79 Å². The standard InChI is InChI=1S/C11H12BrFN2O3/c1-2-8(10(16)17)14-11(18)15-9-5-6(12)3-4-7(9)13/h3-5,8H,2H2,1H3,(H,16,17)(H2,14,15,18)/t8-/m1/s1. The predicted molar refractivity (Wildman–Crippen MR) is 68.0 cm³/mol. The molecule has 0 radical (unpaired) electrons. The van der Waals surface area contributed by atoms with E-state index in [0.717, 1.165) is 0 Å². The molecule has 1 rings (SSSR count). The lowest BCUT2D eigenvalue weighted by Gasteiger charge is -2.13. The Morgan fingerprint density at radius 1 is 1.50 bits per heavy atom. The summed E-state index contributed by atoms with van der Waals surface area (Å²) in [4.78, 5) is 22.2. The summed E-state index contributed by atoms with van der Waals surface area (Å²) in [5.74, 6) is -1.74. The normalized spacial score (nSPS) is 11.7. The van der Waals surface area contributed by atoms with Crippen LogP contribution in [0.1, 0.15) is 13.3 Å². The molecule has 0 aliphatic carbocycles. The highest BCUT2D eigenvalue weighted by molar-refractivity contribution is 9.10. The van der Waals surface area contributed by atoms with Gasteiger partial charge in [-0.3, -0.25) is 0 Å². The van der Waals surface area contributed by atoms with Crippen LogP contribution in [0.5, 0.6) is 0 Å². The number of carbonyl (C=O) groups is 2. The fraction of sp³-hybridized carbons (Fsp3) is 0.273. The van der Waals surface area contributed by atoms with E-state index >= 15 is 0 Å². The van der Waals surface area contributed by atoms with Gasteiger partial charge in [-0.1, -0.05) is 22.9 Å². The van der Waals surface area contributed by atoms with E-state index in [1.807, 2.05) is 0 Å². The minimum absolute atomic E-state index is 0.0258. The molecule has 0 saturated heterocycles. The lowest BCUT2D eigenvalue weighted by molar-refractivity contribution is -0.139. The third-order valence-electron chi connectivity index (χ3n) is 2.19. The van der Waals surface area contributed by atoms with Gasteiger partial charge in [-0.15, -0.1) is 0 Å².